The fourth-order valence-electron chi connectivity index (χ4n) is 2.98. The summed E-state index contributed by atoms with van der Waals surface area (Å²) >= 11 is 4.35. The van der Waals surface area contributed by atoms with E-state index in [4.69, 9.17) is 9.47 Å². The van der Waals surface area contributed by atoms with E-state index >= 15 is 0 Å². The average molecular weight is 357 g/mol. The molecule has 1 aliphatic rings. The summed E-state index contributed by atoms with van der Waals surface area (Å²) in [5, 5.41) is 3.67. The van der Waals surface area contributed by atoms with Crippen molar-refractivity contribution >= 4 is 35.3 Å². The van der Waals surface area contributed by atoms with Gasteiger partial charge < -0.3 is 14.8 Å². The molecule has 1 fully saturated rings. The van der Waals surface area contributed by atoms with Gasteiger partial charge in [-0.05, 0) is 31.4 Å². The van der Waals surface area contributed by atoms with Crippen molar-refractivity contribution in [1.82, 2.24) is 19.5 Å². The van der Waals surface area contributed by atoms with Gasteiger partial charge in [-0.3, -0.25) is 4.57 Å². The molecule has 0 radical (unpaired) electrons. The predicted octanol–water partition coefficient (Wildman–Crippen LogP) is 3.57. The van der Waals surface area contributed by atoms with Gasteiger partial charge in [-0.25, -0.2) is 15.0 Å². The smallest absolute Gasteiger partial charge is 0.188 e. The summed E-state index contributed by atoms with van der Waals surface area (Å²) in [7, 11) is 1.64. The van der Waals surface area contributed by atoms with Gasteiger partial charge in [-0.1, -0.05) is 6.07 Å². The summed E-state index contributed by atoms with van der Waals surface area (Å²) in [6, 6.07) is 7.64. The summed E-state index contributed by atoms with van der Waals surface area (Å²) < 4.78 is 13.1. The first kappa shape index (κ1) is 16.2. The maximum Gasteiger partial charge on any atom is 0.188 e. The molecule has 1 aromatic carbocycles. The Hall–Kier alpha value is -2.32. The molecule has 8 heteroatoms. The van der Waals surface area contributed by atoms with Crippen LogP contribution >= 0.6 is 12.6 Å². The Kier molecular flexibility index (Phi) is 4.46. The van der Waals surface area contributed by atoms with Crippen LogP contribution in [0.2, 0.25) is 0 Å². The van der Waals surface area contributed by atoms with Crippen molar-refractivity contribution in [3.05, 3.63) is 30.6 Å². The zero-order valence-electron chi connectivity index (χ0n) is 13.8. The summed E-state index contributed by atoms with van der Waals surface area (Å²) in [5.41, 5.74) is 2.27. The number of nitrogens with one attached hydrogen (secondary N) is 1. The highest BCUT2D eigenvalue weighted by molar-refractivity contribution is 7.80. The second kappa shape index (κ2) is 6.89. The molecule has 1 atom stereocenters. The van der Waals surface area contributed by atoms with E-state index in [2.05, 4.69) is 32.9 Å². The summed E-state index contributed by atoms with van der Waals surface area (Å²) in [4.78, 5) is 13.4. The minimum absolute atomic E-state index is 0.0361. The molecule has 0 aliphatic carbocycles. The van der Waals surface area contributed by atoms with Crippen LogP contribution in [-0.4, -0.2) is 33.2 Å². The number of thiol groups is 1. The van der Waals surface area contributed by atoms with Crippen LogP contribution in [0.4, 0.5) is 11.5 Å². The van der Waals surface area contributed by atoms with Crippen molar-refractivity contribution < 1.29 is 9.47 Å². The molecular formula is C17H19N5O2S. The van der Waals surface area contributed by atoms with E-state index in [0.29, 0.717) is 16.5 Å². The van der Waals surface area contributed by atoms with Crippen molar-refractivity contribution in [2.24, 2.45) is 0 Å². The van der Waals surface area contributed by atoms with Gasteiger partial charge in [0.15, 0.2) is 22.1 Å². The van der Waals surface area contributed by atoms with Crippen LogP contribution in [0, 0.1) is 0 Å². The lowest BCUT2D eigenvalue weighted by Crippen LogP contribution is -2.17. The number of aromatic nitrogens is 4. The zero-order valence-corrected chi connectivity index (χ0v) is 14.7. The first-order chi connectivity index (χ1) is 12.2. The van der Waals surface area contributed by atoms with Gasteiger partial charge in [-0.15, -0.1) is 12.6 Å². The minimum Gasteiger partial charge on any atom is -0.497 e. The maximum absolute atomic E-state index is 5.86. The molecule has 0 spiro atoms. The molecule has 4 rings (SSSR count). The van der Waals surface area contributed by atoms with Gasteiger partial charge in [0.1, 0.15) is 12.0 Å². The van der Waals surface area contributed by atoms with E-state index in [1.54, 1.807) is 13.4 Å². The van der Waals surface area contributed by atoms with E-state index in [1.807, 2.05) is 28.8 Å². The monoisotopic (exact) mass is 357 g/mol. The van der Waals surface area contributed by atoms with Crippen molar-refractivity contribution in [2.75, 3.05) is 19.0 Å². The molecule has 25 heavy (non-hydrogen) atoms. The Morgan fingerprint density at radius 1 is 1.32 bits per heavy atom. The van der Waals surface area contributed by atoms with Crippen LogP contribution in [-0.2, 0) is 4.74 Å². The topological polar surface area (TPSA) is 74.1 Å². The van der Waals surface area contributed by atoms with Gasteiger partial charge in [0.25, 0.3) is 0 Å². The standard InChI is InChI=1S/C17H19N5O2S/c1-23-12-6-4-5-11(9-12)19-15-14-16(21-17(25)20-15)22(10-18-14)13-7-2-3-8-24-13/h4-6,9-10,13H,2-3,7-8H2,1H3,(H2,19,20,21,25). The normalized spacial score (nSPS) is 17.6. The lowest BCUT2D eigenvalue weighted by Gasteiger charge is -2.23. The molecule has 3 heterocycles. The molecule has 1 saturated heterocycles. The van der Waals surface area contributed by atoms with E-state index in [-0.39, 0.29) is 6.23 Å². The SMILES string of the molecule is COc1cccc(Nc2nc(S)nc3c2ncn3C2CCCCO2)c1. The molecule has 0 saturated carbocycles. The number of rotatable bonds is 4. The van der Waals surface area contributed by atoms with Gasteiger partial charge in [0, 0.05) is 18.4 Å². The molecule has 1 unspecified atom stereocenters. The Morgan fingerprint density at radius 3 is 3.04 bits per heavy atom. The van der Waals surface area contributed by atoms with Crippen LogP contribution in [0.3, 0.4) is 0 Å². The molecular weight excluding hydrogens is 338 g/mol. The molecule has 1 aliphatic heterocycles. The van der Waals surface area contributed by atoms with E-state index in [9.17, 15) is 0 Å². The number of hydrogen-bond acceptors (Lipinski definition) is 7. The third kappa shape index (κ3) is 3.27. The first-order valence-electron chi connectivity index (χ1n) is 8.21. The zero-order chi connectivity index (χ0) is 17.2. The molecule has 1 N–H and O–H groups in total. The Morgan fingerprint density at radius 2 is 2.24 bits per heavy atom. The lowest BCUT2D eigenvalue weighted by atomic mass is 10.2. The second-order valence-electron chi connectivity index (χ2n) is 5.87. The van der Waals surface area contributed by atoms with Crippen molar-refractivity contribution in [3.8, 4) is 5.75 Å². The highest BCUT2D eigenvalue weighted by atomic mass is 32.1. The second-order valence-corrected chi connectivity index (χ2v) is 6.27. The molecule has 0 amide bonds. The molecule has 3 aromatic rings. The van der Waals surface area contributed by atoms with Gasteiger partial charge >= 0.3 is 0 Å². The van der Waals surface area contributed by atoms with Crippen LogP contribution in [0.1, 0.15) is 25.5 Å². The van der Waals surface area contributed by atoms with Crippen LogP contribution in [0.15, 0.2) is 35.7 Å². The summed E-state index contributed by atoms with van der Waals surface area (Å²) in [6.45, 7) is 0.762. The number of imidazole rings is 1. The molecule has 130 valence electrons. The predicted molar refractivity (Wildman–Crippen MR) is 97.7 cm³/mol. The fraction of sp³-hybridized carbons (Fsp3) is 0.353. The van der Waals surface area contributed by atoms with Crippen LogP contribution in [0.25, 0.3) is 11.2 Å². The first-order valence-corrected chi connectivity index (χ1v) is 8.65. The number of fused-ring (bicyclic) bond motifs is 1. The van der Waals surface area contributed by atoms with E-state index in [0.717, 1.165) is 43.0 Å². The number of anilines is 2. The maximum atomic E-state index is 5.86. The highest BCUT2D eigenvalue weighted by Gasteiger charge is 2.21. The van der Waals surface area contributed by atoms with E-state index in [1.165, 1.54) is 0 Å². The van der Waals surface area contributed by atoms with Gasteiger partial charge in [-0.2, -0.15) is 0 Å². The Labute approximate surface area is 150 Å². The lowest BCUT2D eigenvalue weighted by molar-refractivity contribution is -0.0298. The number of methoxy groups -OCH3 is 1. The third-order valence-corrected chi connectivity index (χ3v) is 4.41. The molecule has 2 aromatic heterocycles. The largest absolute Gasteiger partial charge is 0.497 e. The summed E-state index contributed by atoms with van der Waals surface area (Å²) in [6.07, 6.45) is 4.91. The van der Waals surface area contributed by atoms with Crippen LogP contribution in [0.5, 0.6) is 5.75 Å². The van der Waals surface area contributed by atoms with Crippen molar-refractivity contribution in [2.45, 2.75) is 30.6 Å². The van der Waals surface area contributed by atoms with Crippen molar-refractivity contribution in [3.63, 3.8) is 0 Å². The van der Waals surface area contributed by atoms with Crippen molar-refractivity contribution in [1.29, 1.82) is 0 Å². The van der Waals surface area contributed by atoms with Crippen LogP contribution < -0.4 is 10.1 Å². The molecule has 0 bridgehead atoms. The minimum atomic E-state index is -0.0361. The number of hydrogen-bond donors (Lipinski definition) is 2. The number of nitrogens with zero attached hydrogens (tertiary/aromatic N) is 4. The highest BCUT2D eigenvalue weighted by Crippen LogP contribution is 2.30. The Bertz CT molecular complexity index is 892. The number of benzene rings is 1. The fourth-order valence-corrected chi connectivity index (χ4v) is 3.18. The third-order valence-electron chi connectivity index (χ3n) is 4.21. The summed E-state index contributed by atoms with van der Waals surface area (Å²) in [5.74, 6) is 1.38. The van der Waals surface area contributed by atoms with E-state index < -0.39 is 0 Å². The van der Waals surface area contributed by atoms with Gasteiger partial charge in [0.2, 0.25) is 0 Å². The number of ether oxygens (including phenoxy) is 2. The van der Waals surface area contributed by atoms with Gasteiger partial charge in [0.05, 0.1) is 13.4 Å². The average Bonchev–Trinajstić information content (AvgIpc) is 3.06. The Balaban J connectivity index is 1.72. The quantitative estimate of drug-likeness (QED) is 0.549. The molecule has 7 nitrogen and oxygen atoms in total.